The standard InChI is InChI=1S/C16H11ClF3N3O/c1-9-6-10(8-22-23-21)7-13(17)14(9)15(24)11-2-4-12(5-3-11)16(18,19)20/h2-7H,8H2,1H3. The Balaban J connectivity index is 2.37. The summed E-state index contributed by atoms with van der Waals surface area (Å²) in [6.45, 7) is 1.74. The van der Waals surface area contributed by atoms with Crippen LogP contribution in [0.5, 0.6) is 0 Å². The van der Waals surface area contributed by atoms with E-state index in [1.165, 1.54) is 6.07 Å². The van der Waals surface area contributed by atoms with Crippen LogP contribution in [0.3, 0.4) is 0 Å². The van der Waals surface area contributed by atoms with Crippen molar-refractivity contribution in [2.75, 3.05) is 0 Å². The first kappa shape index (κ1) is 17.8. The summed E-state index contributed by atoms with van der Waals surface area (Å²) in [6.07, 6.45) is -4.46. The van der Waals surface area contributed by atoms with Crippen LogP contribution >= 0.6 is 11.6 Å². The van der Waals surface area contributed by atoms with Gasteiger partial charge in [-0.2, -0.15) is 13.2 Å². The van der Waals surface area contributed by atoms with Gasteiger partial charge < -0.3 is 0 Å². The van der Waals surface area contributed by atoms with Crippen LogP contribution in [-0.4, -0.2) is 5.78 Å². The highest BCUT2D eigenvalue weighted by Crippen LogP contribution is 2.30. The maximum atomic E-state index is 12.6. The van der Waals surface area contributed by atoms with Crippen molar-refractivity contribution in [3.8, 4) is 0 Å². The van der Waals surface area contributed by atoms with Gasteiger partial charge in [0.2, 0.25) is 0 Å². The summed E-state index contributed by atoms with van der Waals surface area (Å²) in [5.41, 5.74) is 9.01. The van der Waals surface area contributed by atoms with Crippen LogP contribution in [0.4, 0.5) is 13.2 Å². The summed E-state index contributed by atoms with van der Waals surface area (Å²) in [4.78, 5) is 15.2. The molecule has 2 rings (SSSR count). The molecule has 0 spiro atoms. The van der Waals surface area contributed by atoms with Crippen LogP contribution in [0.15, 0.2) is 41.5 Å². The third kappa shape index (κ3) is 3.88. The molecule has 0 aliphatic rings. The van der Waals surface area contributed by atoms with Crippen molar-refractivity contribution < 1.29 is 18.0 Å². The number of alkyl halides is 3. The third-order valence-electron chi connectivity index (χ3n) is 3.37. The smallest absolute Gasteiger partial charge is 0.289 e. The first-order valence-corrected chi connectivity index (χ1v) is 7.13. The molecule has 0 aliphatic heterocycles. The van der Waals surface area contributed by atoms with Gasteiger partial charge in [0.15, 0.2) is 5.78 Å². The summed E-state index contributed by atoms with van der Waals surface area (Å²) >= 11 is 6.13. The Morgan fingerprint density at radius 3 is 2.38 bits per heavy atom. The SMILES string of the molecule is Cc1cc(CN=[N+]=[N-])cc(Cl)c1C(=O)c1ccc(C(F)(F)F)cc1. The minimum Gasteiger partial charge on any atom is -0.289 e. The minimum absolute atomic E-state index is 0.0891. The fourth-order valence-electron chi connectivity index (χ4n) is 2.26. The topological polar surface area (TPSA) is 65.8 Å². The van der Waals surface area contributed by atoms with Gasteiger partial charge in [-0.15, -0.1) is 0 Å². The van der Waals surface area contributed by atoms with E-state index >= 15 is 0 Å². The van der Waals surface area contributed by atoms with Gasteiger partial charge in [-0.3, -0.25) is 4.79 Å². The zero-order chi connectivity index (χ0) is 17.9. The second kappa shape index (κ2) is 6.95. The second-order valence-electron chi connectivity index (χ2n) is 5.06. The lowest BCUT2D eigenvalue weighted by Gasteiger charge is -2.11. The van der Waals surface area contributed by atoms with Crippen molar-refractivity contribution in [2.45, 2.75) is 19.6 Å². The molecular weight excluding hydrogens is 343 g/mol. The molecule has 0 aromatic heterocycles. The van der Waals surface area contributed by atoms with Crippen LogP contribution in [0.2, 0.25) is 5.02 Å². The number of azide groups is 1. The first-order valence-electron chi connectivity index (χ1n) is 6.76. The van der Waals surface area contributed by atoms with Gasteiger partial charge >= 0.3 is 6.18 Å². The van der Waals surface area contributed by atoms with E-state index in [2.05, 4.69) is 10.0 Å². The molecule has 2 aromatic rings. The predicted octanol–water partition coefficient (Wildman–Crippen LogP) is 5.71. The molecule has 0 atom stereocenters. The lowest BCUT2D eigenvalue weighted by molar-refractivity contribution is -0.137. The lowest BCUT2D eigenvalue weighted by Crippen LogP contribution is -2.08. The van der Waals surface area contributed by atoms with Crippen LogP contribution in [0.1, 0.15) is 32.6 Å². The monoisotopic (exact) mass is 353 g/mol. The van der Waals surface area contributed by atoms with Gasteiger partial charge in [-0.1, -0.05) is 34.9 Å². The number of rotatable bonds is 4. The van der Waals surface area contributed by atoms with E-state index in [4.69, 9.17) is 17.1 Å². The van der Waals surface area contributed by atoms with E-state index in [0.717, 1.165) is 24.3 Å². The number of halogens is 4. The Bertz CT molecular complexity index is 802. The van der Waals surface area contributed by atoms with E-state index < -0.39 is 17.5 Å². The summed E-state index contributed by atoms with van der Waals surface area (Å²) in [5, 5.41) is 3.58. The Kier molecular flexibility index (Phi) is 5.17. The fourth-order valence-corrected chi connectivity index (χ4v) is 2.64. The molecule has 0 saturated carbocycles. The highest BCUT2D eigenvalue weighted by atomic mass is 35.5. The average molecular weight is 354 g/mol. The van der Waals surface area contributed by atoms with Gasteiger partial charge in [-0.05, 0) is 41.8 Å². The van der Waals surface area contributed by atoms with Crippen molar-refractivity contribution in [3.63, 3.8) is 0 Å². The molecule has 0 heterocycles. The van der Waals surface area contributed by atoms with E-state index in [9.17, 15) is 18.0 Å². The van der Waals surface area contributed by atoms with Gasteiger partial charge in [0, 0.05) is 16.0 Å². The molecule has 0 radical (unpaired) electrons. The van der Waals surface area contributed by atoms with Crippen LogP contribution in [0.25, 0.3) is 10.4 Å². The molecular formula is C16H11ClF3N3O. The molecule has 0 bridgehead atoms. The van der Waals surface area contributed by atoms with Crippen molar-refractivity contribution in [1.29, 1.82) is 0 Å². The average Bonchev–Trinajstić information content (AvgIpc) is 2.51. The molecule has 4 nitrogen and oxygen atoms in total. The summed E-state index contributed by atoms with van der Waals surface area (Å²) < 4.78 is 37.7. The molecule has 0 unspecified atom stereocenters. The zero-order valence-electron chi connectivity index (χ0n) is 12.4. The fraction of sp³-hybridized carbons (Fsp3) is 0.188. The van der Waals surface area contributed by atoms with Crippen LogP contribution < -0.4 is 0 Å². The number of carbonyl (C=O) groups excluding carboxylic acids is 1. The number of nitrogens with zero attached hydrogens (tertiary/aromatic N) is 3. The summed E-state index contributed by atoms with van der Waals surface area (Å²) in [5.74, 6) is -0.471. The van der Waals surface area contributed by atoms with Crippen molar-refractivity contribution in [2.24, 2.45) is 5.11 Å². The maximum absolute atomic E-state index is 12.6. The zero-order valence-corrected chi connectivity index (χ0v) is 13.2. The lowest BCUT2D eigenvalue weighted by atomic mass is 9.96. The molecule has 0 fully saturated rings. The second-order valence-corrected chi connectivity index (χ2v) is 5.47. The quantitative estimate of drug-likeness (QED) is 0.300. The molecule has 0 amide bonds. The van der Waals surface area contributed by atoms with Crippen LogP contribution in [-0.2, 0) is 12.7 Å². The van der Waals surface area contributed by atoms with Crippen molar-refractivity contribution >= 4 is 17.4 Å². The number of hydrogen-bond donors (Lipinski definition) is 0. The van der Waals surface area contributed by atoms with Crippen molar-refractivity contribution in [3.05, 3.63) is 79.7 Å². The summed E-state index contributed by atoms with van der Waals surface area (Å²) in [7, 11) is 0. The molecule has 24 heavy (non-hydrogen) atoms. The normalized spacial score (nSPS) is 11.0. The highest BCUT2D eigenvalue weighted by Gasteiger charge is 2.30. The van der Waals surface area contributed by atoms with E-state index in [-0.39, 0.29) is 22.7 Å². The number of aryl methyl sites for hydroxylation is 1. The molecule has 0 aliphatic carbocycles. The van der Waals surface area contributed by atoms with Crippen LogP contribution in [0, 0.1) is 6.92 Å². The molecule has 0 saturated heterocycles. The molecule has 8 heteroatoms. The highest BCUT2D eigenvalue weighted by molar-refractivity contribution is 6.35. The Morgan fingerprint density at radius 2 is 1.88 bits per heavy atom. The Labute approximate surface area is 140 Å². The summed E-state index contributed by atoms with van der Waals surface area (Å²) in [6, 6.07) is 7.10. The molecule has 124 valence electrons. The van der Waals surface area contributed by atoms with E-state index in [0.29, 0.717) is 11.1 Å². The van der Waals surface area contributed by atoms with Gasteiger partial charge in [0.05, 0.1) is 17.1 Å². The molecule has 2 aromatic carbocycles. The van der Waals surface area contributed by atoms with Crippen molar-refractivity contribution in [1.82, 2.24) is 0 Å². The van der Waals surface area contributed by atoms with E-state index in [1.54, 1.807) is 13.0 Å². The van der Waals surface area contributed by atoms with Gasteiger partial charge in [-0.25, -0.2) is 0 Å². The Morgan fingerprint density at radius 1 is 1.25 bits per heavy atom. The maximum Gasteiger partial charge on any atom is 0.416 e. The third-order valence-corrected chi connectivity index (χ3v) is 3.66. The van der Waals surface area contributed by atoms with Gasteiger partial charge in [0.1, 0.15) is 0 Å². The molecule has 0 N–H and O–H groups in total. The number of carbonyl (C=O) groups is 1. The largest absolute Gasteiger partial charge is 0.416 e. The number of hydrogen-bond acceptors (Lipinski definition) is 2. The van der Waals surface area contributed by atoms with E-state index in [1.807, 2.05) is 0 Å². The predicted molar refractivity (Wildman–Crippen MR) is 83.9 cm³/mol. The number of ketones is 1. The Hall–Kier alpha value is -2.50. The van der Waals surface area contributed by atoms with Gasteiger partial charge in [0.25, 0.3) is 0 Å². The first-order chi connectivity index (χ1) is 11.2. The number of benzene rings is 2. The minimum atomic E-state index is -4.46.